The van der Waals surface area contributed by atoms with Crippen LogP contribution in [0.5, 0.6) is 5.75 Å². The van der Waals surface area contributed by atoms with Gasteiger partial charge in [-0.25, -0.2) is 14.6 Å². The summed E-state index contributed by atoms with van der Waals surface area (Å²) in [4.78, 5) is 46.2. The lowest BCUT2D eigenvalue weighted by Gasteiger charge is -2.07. The van der Waals surface area contributed by atoms with Crippen molar-refractivity contribution in [2.24, 2.45) is 5.10 Å². The van der Waals surface area contributed by atoms with Gasteiger partial charge in [-0.1, -0.05) is 11.6 Å². The molecule has 0 saturated carbocycles. The number of benzene rings is 3. The van der Waals surface area contributed by atoms with Gasteiger partial charge in [0.05, 0.1) is 21.2 Å². The molecule has 0 spiro atoms. The lowest BCUT2D eigenvalue weighted by Crippen LogP contribution is -2.32. The van der Waals surface area contributed by atoms with Gasteiger partial charge in [-0.3, -0.25) is 19.7 Å². The minimum atomic E-state index is -1.06. The molecule has 0 aliphatic carbocycles. The highest BCUT2D eigenvalue weighted by molar-refractivity contribution is 6.40. The molecule has 12 heteroatoms. The van der Waals surface area contributed by atoms with Crippen LogP contribution in [0.3, 0.4) is 0 Å². The van der Waals surface area contributed by atoms with Crippen molar-refractivity contribution in [3.8, 4) is 5.75 Å². The van der Waals surface area contributed by atoms with E-state index in [-0.39, 0.29) is 27.7 Å². The minimum Gasteiger partial charge on any atom is -0.423 e. The second-order valence-corrected chi connectivity index (χ2v) is 7.35. The number of rotatable bonds is 6. The van der Waals surface area contributed by atoms with Crippen LogP contribution in [0.25, 0.3) is 0 Å². The molecule has 2 N–H and O–H groups in total. The number of nitro groups is 1. The van der Waals surface area contributed by atoms with E-state index < -0.39 is 28.5 Å². The number of carbonyl (C=O) groups excluding carboxylic acids is 3. The van der Waals surface area contributed by atoms with E-state index >= 15 is 0 Å². The molecule has 3 aromatic rings. The molecule has 35 heavy (non-hydrogen) atoms. The lowest BCUT2D eigenvalue weighted by atomic mass is 10.1. The number of hydrogen-bond donors (Lipinski definition) is 2. The predicted molar refractivity (Wildman–Crippen MR) is 125 cm³/mol. The Morgan fingerprint density at radius 3 is 2.20 bits per heavy atom. The van der Waals surface area contributed by atoms with E-state index in [1.54, 1.807) is 19.1 Å². The van der Waals surface area contributed by atoms with E-state index in [0.29, 0.717) is 11.3 Å². The van der Waals surface area contributed by atoms with Crippen molar-refractivity contribution in [2.75, 3.05) is 5.32 Å². The van der Waals surface area contributed by atoms with Gasteiger partial charge in [0.1, 0.15) is 11.6 Å². The smallest absolute Gasteiger partial charge is 0.343 e. The minimum absolute atomic E-state index is 0.135. The summed E-state index contributed by atoms with van der Waals surface area (Å²) in [6.07, 6.45) is 0. The van der Waals surface area contributed by atoms with Crippen LogP contribution in [0.4, 0.5) is 15.8 Å². The topological polar surface area (TPSA) is 140 Å². The van der Waals surface area contributed by atoms with Gasteiger partial charge in [0.15, 0.2) is 0 Å². The molecule has 2 amide bonds. The van der Waals surface area contributed by atoms with Gasteiger partial charge in [0.2, 0.25) is 0 Å². The average Bonchev–Trinajstić information content (AvgIpc) is 2.85. The van der Waals surface area contributed by atoms with Crippen LogP contribution in [0.15, 0.2) is 71.8 Å². The average molecular weight is 499 g/mol. The first kappa shape index (κ1) is 25.0. The van der Waals surface area contributed by atoms with Crippen molar-refractivity contribution < 1.29 is 28.4 Å². The zero-order valence-corrected chi connectivity index (χ0v) is 18.7. The number of halogens is 2. The number of ether oxygens (including phenoxy) is 1. The number of nitrogens with zero attached hydrogens (tertiary/aromatic N) is 2. The second-order valence-electron chi connectivity index (χ2n) is 6.94. The fourth-order valence-electron chi connectivity index (χ4n) is 2.66. The molecular weight excluding hydrogens is 483 g/mol. The Hall–Kier alpha value is -4.64. The first-order valence-corrected chi connectivity index (χ1v) is 10.2. The Balaban J connectivity index is 1.56. The summed E-state index contributed by atoms with van der Waals surface area (Å²) in [5, 5.41) is 16.6. The van der Waals surface area contributed by atoms with Crippen LogP contribution in [0, 0.1) is 15.9 Å². The molecular formula is C23H16ClFN4O6. The summed E-state index contributed by atoms with van der Waals surface area (Å²) in [5.41, 5.74) is 3.14. The highest BCUT2D eigenvalue weighted by atomic mass is 35.5. The highest BCUT2D eigenvalue weighted by Gasteiger charge is 2.15. The molecule has 10 nitrogen and oxygen atoms in total. The van der Waals surface area contributed by atoms with E-state index in [1.807, 2.05) is 0 Å². The summed E-state index contributed by atoms with van der Waals surface area (Å²) in [5.74, 6) is -3.23. The molecule has 0 heterocycles. The maximum Gasteiger partial charge on any atom is 0.343 e. The first-order chi connectivity index (χ1) is 16.6. The van der Waals surface area contributed by atoms with Crippen molar-refractivity contribution in [2.45, 2.75) is 6.92 Å². The summed E-state index contributed by atoms with van der Waals surface area (Å²) >= 11 is 5.63. The van der Waals surface area contributed by atoms with Gasteiger partial charge < -0.3 is 10.1 Å². The molecule has 178 valence electrons. The van der Waals surface area contributed by atoms with Crippen molar-refractivity contribution in [1.82, 2.24) is 5.43 Å². The fraction of sp³-hybridized carbons (Fsp3) is 0.0435. The number of nitro benzene ring substituents is 1. The number of anilines is 1. The molecule has 0 aromatic heterocycles. The van der Waals surface area contributed by atoms with Crippen molar-refractivity contribution in [3.05, 3.63) is 98.8 Å². The maximum atomic E-state index is 13.2. The number of hydrogen-bond acceptors (Lipinski definition) is 7. The van der Waals surface area contributed by atoms with Crippen molar-refractivity contribution in [3.63, 3.8) is 0 Å². The molecule has 0 bridgehead atoms. The molecule has 0 aliphatic heterocycles. The molecule has 0 radical (unpaired) electrons. The fourth-order valence-corrected chi connectivity index (χ4v) is 2.84. The van der Waals surface area contributed by atoms with Gasteiger partial charge in [-0.05, 0) is 67.1 Å². The first-order valence-electron chi connectivity index (χ1n) is 9.82. The number of carbonyl (C=O) groups is 3. The van der Waals surface area contributed by atoms with Gasteiger partial charge in [-0.15, -0.1) is 0 Å². The van der Waals surface area contributed by atoms with Crippen LogP contribution in [0.1, 0.15) is 22.8 Å². The van der Waals surface area contributed by atoms with Gasteiger partial charge in [0, 0.05) is 17.8 Å². The largest absolute Gasteiger partial charge is 0.423 e. The Morgan fingerprint density at radius 2 is 1.60 bits per heavy atom. The van der Waals surface area contributed by atoms with Crippen LogP contribution < -0.4 is 15.5 Å². The molecule has 3 rings (SSSR count). The number of nitrogens with one attached hydrogen (secondary N) is 2. The normalized spacial score (nSPS) is 10.9. The molecule has 0 fully saturated rings. The van der Waals surface area contributed by atoms with Gasteiger partial charge in [0.25, 0.3) is 5.69 Å². The Morgan fingerprint density at radius 1 is 0.971 bits per heavy atom. The number of non-ortho nitro benzene ring substituents is 1. The zero-order valence-electron chi connectivity index (χ0n) is 18.0. The van der Waals surface area contributed by atoms with E-state index in [1.165, 1.54) is 42.5 Å². The zero-order chi connectivity index (χ0) is 25.5. The molecule has 0 saturated heterocycles. The van der Waals surface area contributed by atoms with E-state index in [0.717, 1.165) is 12.1 Å². The van der Waals surface area contributed by atoms with Gasteiger partial charge >= 0.3 is 17.8 Å². The van der Waals surface area contributed by atoms with E-state index in [2.05, 4.69) is 15.8 Å². The quantitative estimate of drug-likeness (QED) is 0.131. The standard InChI is InChI=1S/C23H16ClFN4O6/c1-13(27-28-22(31)21(30)26-16-6-11-20(25)19(24)12-16)14-4-9-18(10-5-14)35-23(32)15-2-7-17(8-3-15)29(33)34/h2-12H,1H3,(H,26,30)(H,28,31)/b27-13+. The third kappa shape index (κ3) is 6.68. The molecule has 0 aliphatic rings. The van der Waals surface area contributed by atoms with Crippen LogP contribution in [0.2, 0.25) is 5.02 Å². The number of hydrazone groups is 1. The predicted octanol–water partition coefficient (Wildman–Crippen LogP) is 4.09. The monoisotopic (exact) mass is 498 g/mol. The van der Waals surface area contributed by atoms with Crippen molar-refractivity contribution >= 4 is 46.5 Å². The Bertz CT molecular complexity index is 1330. The third-order valence-corrected chi connectivity index (χ3v) is 4.79. The van der Waals surface area contributed by atoms with Crippen LogP contribution >= 0.6 is 11.6 Å². The maximum absolute atomic E-state index is 13.2. The molecule has 0 unspecified atom stereocenters. The summed E-state index contributed by atoms with van der Waals surface area (Å²) in [7, 11) is 0. The van der Waals surface area contributed by atoms with E-state index in [4.69, 9.17) is 16.3 Å². The lowest BCUT2D eigenvalue weighted by molar-refractivity contribution is -0.384. The second kappa shape index (κ2) is 11.0. The Labute approximate surface area is 202 Å². The van der Waals surface area contributed by atoms with E-state index in [9.17, 15) is 28.9 Å². The number of esters is 1. The summed E-state index contributed by atoms with van der Waals surface area (Å²) in [6.45, 7) is 1.58. The SMILES string of the molecule is C/C(=N\NC(=O)C(=O)Nc1ccc(F)c(Cl)c1)c1ccc(OC(=O)c2ccc([N+](=O)[O-])cc2)cc1. The van der Waals surface area contributed by atoms with Crippen LogP contribution in [-0.4, -0.2) is 28.4 Å². The van der Waals surface area contributed by atoms with Crippen molar-refractivity contribution in [1.29, 1.82) is 0 Å². The summed E-state index contributed by atoms with van der Waals surface area (Å²) in [6, 6.07) is 14.5. The van der Waals surface area contributed by atoms with Crippen LogP contribution in [-0.2, 0) is 9.59 Å². The molecule has 0 atom stereocenters. The summed E-state index contributed by atoms with van der Waals surface area (Å²) < 4.78 is 18.4. The number of amides is 2. The highest BCUT2D eigenvalue weighted by Crippen LogP contribution is 2.19. The molecule has 3 aromatic carbocycles. The third-order valence-electron chi connectivity index (χ3n) is 4.51. The Kier molecular flexibility index (Phi) is 7.85. The van der Waals surface area contributed by atoms with Gasteiger partial charge in [-0.2, -0.15) is 5.10 Å².